The van der Waals surface area contributed by atoms with Crippen LogP contribution < -0.4 is 5.32 Å². The Kier molecular flexibility index (Phi) is 6.79. The van der Waals surface area contributed by atoms with Gasteiger partial charge in [-0.05, 0) is 18.6 Å². The molecule has 1 aliphatic rings. The molecule has 2 aromatic carbocycles. The maximum atomic E-state index is 12.2. The van der Waals surface area contributed by atoms with Crippen molar-refractivity contribution in [2.75, 3.05) is 45.3 Å². The van der Waals surface area contributed by atoms with Gasteiger partial charge in [0.25, 0.3) is 5.69 Å². The molecule has 1 saturated heterocycles. The van der Waals surface area contributed by atoms with Gasteiger partial charge in [-0.25, -0.2) is 4.79 Å². The molecule has 0 radical (unpaired) electrons. The summed E-state index contributed by atoms with van der Waals surface area (Å²) in [5.41, 5.74) is 2.84. The van der Waals surface area contributed by atoms with Crippen molar-refractivity contribution in [3.05, 3.63) is 69.3 Å². The highest BCUT2D eigenvalue weighted by molar-refractivity contribution is 5.96. The quantitative estimate of drug-likeness (QED) is 0.434. The Morgan fingerprint density at radius 1 is 1.24 bits per heavy atom. The molecule has 0 saturated carbocycles. The van der Waals surface area contributed by atoms with Gasteiger partial charge in [-0.1, -0.05) is 29.8 Å². The van der Waals surface area contributed by atoms with Crippen molar-refractivity contribution in [3.8, 4) is 0 Å². The smallest absolute Gasteiger partial charge is 0.340 e. The van der Waals surface area contributed by atoms with Crippen molar-refractivity contribution in [2.24, 2.45) is 0 Å². The second-order valence-corrected chi connectivity index (χ2v) is 6.93. The van der Waals surface area contributed by atoms with E-state index in [1.807, 2.05) is 6.92 Å². The number of non-ortho nitro benzene ring substituents is 1. The molecular formula is C21H25N3O5. The second-order valence-electron chi connectivity index (χ2n) is 6.93. The molecule has 0 amide bonds. The maximum absolute atomic E-state index is 12.2. The van der Waals surface area contributed by atoms with Crippen LogP contribution in [0.2, 0.25) is 0 Å². The Bertz CT molecular complexity index is 863. The summed E-state index contributed by atoms with van der Waals surface area (Å²) >= 11 is 0. The van der Waals surface area contributed by atoms with E-state index in [1.54, 1.807) is 6.07 Å². The number of nitro benzene ring substituents is 1. The highest BCUT2D eigenvalue weighted by Crippen LogP contribution is 2.27. The van der Waals surface area contributed by atoms with Crippen molar-refractivity contribution < 1.29 is 19.2 Å². The number of hydrogen-bond acceptors (Lipinski definition) is 7. The monoisotopic (exact) mass is 399 g/mol. The summed E-state index contributed by atoms with van der Waals surface area (Å²) in [6, 6.07) is 12.6. The van der Waals surface area contributed by atoms with Gasteiger partial charge in [0.2, 0.25) is 0 Å². The third kappa shape index (κ3) is 5.10. The molecule has 8 heteroatoms. The van der Waals surface area contributed by atoms with E-state index < -0.39 is 10.9 Å². The van der Waals surface area contributed by atoms with Crippen LogP contribution in [0.1, 0.15) is 27.5 Å². The fraction of sp³-hybridized carbons (Fsp3) is 0.381. The van der Waals surface area contributed by atoms with E-state index in [1.165, 1.54) is 24.8 Å². The van der Waals surface area contributed by atoms with Gasteiger partial charge in [-0.2, -0.15) is 0 Å². The first-order valence-electron chi connectivity index (χ1n) is 9.48. The van der Waals surface area contributed by atoms with Gasteiger partial charge in [0.15, 0.2) is 0 Å². The highest BCUT2D eigenvalue weighted by atomic mass is 16.6. The number of nitrogens with zero attached hydrogens (tertiary/aromatic N) is 2. The minimum Gasteiger partial charge on any atom is -0.465 e. The third-order valence-corrected chi connectivity index (χ3v) is 5.05. The lowest BCUT2D eigenvalue weighted by atomic mass is 10.0. The van der Waals surface area contributed by atoms with Crippen LogP contribution in [-0.2, 0) is 9.47 Å². The normalized spacial score (nSPS) is 15.5. The molecule has 1 heterocycles. The first-order valence-corrected chi connectivity index (χ1v) is 9.48. The van der Waals surface area contributed by atoms with Gasteiger partial charge >= 0.3 is 5.97 Å². The second kappa shape index (κ2) is 9.49. The first kappa shape index (κ1) is 20.8. The Morgan fingerprint density at radius 2 is 1.93 bits per heavy atom. The summed E-state index contributed by atoms with van der Waals surface area (Å²) in [5, 5.41) is 14.4. The number of methoxy groups -OCH3 is 1. The highest BCUT2D eigenvalue weighted by Gasteiger charge is 2.24. The predicted octanol–water partition coefficient (Wildman–Crippen LogP) is 3.18. The van der Waals surface area contributed by atoms with Crippen LogP contribution >= 0.6 is 0 Å². The van der Waals surface area contributed by atoms with Crippen LogP contribution in [-0.4, -0.2) is 55.8 Å². The molecule has 1 atom stereocenters. The van der Waals surface area contributed by atoms with E-state index in [0.717, 1.165) is 18.7 Å². The van der Waals surface area contributed by atoms with Crippen molar-refractivity contribution >= 4 is 17.3 Å². The lowest BCUT2D eigenvalue weighted by Gasteiger charge is -2.35. The molecular weight excluding hydrogens is 374 g/mol. The number of carbonyl (C=O) groups excluding carboxylic acids is 1. The number of rotatable bonds is 7. The number of ether oxygens (including phenoxy) is 2. The number of morpholine rings is 1. The maximum Gasteiger partial charge on any atom is 0.340 e. The van der Waals surface area contributed by atoms with Crippen molar-refractivity contribution in [2.45, 2.75) is 13.0 Å². The number of anilines is 1. The standard InChI is InChI=1S/C21H25N3O5/c1-15-3-5-16(6-4-15)20(23-9-11-29-12-10-23)14-22-19-8-7-17(24(26)27)13-18(19)21(25)28-2/h3-8,13,20,22H,9-12,14H2,1-2H3. The number of aryl methyl sites for hydroxylation is 1. The molecule has 29 heavy (non-hydrogen) atoms. The molecule has 2 aromatic rings. The Labute approximate surface area is 169 Å². The molecule has 8 nitrogen and oxygen atoms in total. The Hall–Kier alpha value is -2.97. The zero-order valence-electron chi connectivity index (χ0n) is 16.6. The molecule has 1 aliphatic heterocycles. The molecule has 0 spiro atoms. The summed E-state index contributed by atoms with van der Waals surface area (Å²) in [4.78, 5) is 25.0. The lowest BCUT2D eigenvalue weighted by Crippen LogP contribution is -2.41. The number of nitro groups is 1. The van der Waals surface area contributed by atoms with E-state index in [-0.39, 0.29) is 17.3 Å². The number of benzene rings is 2. The predicted molar refractivity (Wildman–Crippen MR) is 109 cm³/mol. The molecule has 1 unspecified atom stereocenters. The summed E-state index contributed by atoms with van der Waals surface area (Å²) in [6.07, 6.45) is 0. The van der Waals surface area contributed by atoms with Crippen LogP contribution in [0.25, 0.3) is 0 Å². The molecule has 0 aliphatic carbocycles. The largest absolute Gasteiger partial charge is 0.465 e. The summed E-state index contributed by atoms with van der Waals surface area (Å²) in [7, 11) is 1.26. The van der Waals surface area contributed by atoms with E-state index >= 15 is 0 Å². The first-order chi connectivity index (χ1) is 14.0. The molecule has 0 aromatic heterocycles. The van der Waals surface area contributed by atoms with Crippen LogP contribution in [0.5, 0.6) is 0 Å². The molecule has 1 fully saturated rings. The van der Waals surface area contributed by atoms with Crippen molar-refractivity contribution in [1.82, 2.24) is 4.90 Å². The fourth-order valence-electron chi connectivity index (χ4n) is 3.42. The fourth-order valence-corrected chi connectivity index (χ4v) is 3.42. The van der Waals surface area contributed by atoms with Gasteiger partial charge in [0, 0.05) is 37.5 Å². The van der Waals surface area contributed by atoms with Gasteiger partial charge in [0.05, 0.1) is 36.9 Å². The lowest BCUT2D eigenvalue weighted by molar-refractivity contribution is -0.384. The van der Waals surface area contributed by atoms with Crippen LogP contribution in [0.15, 0.2) is 42.5 Å². The molecule has 1 N–H and O–H groups in total. The van der Waals surface area contributed by atoms with E-state index in [4.69, 9.17) is 9.47 Å². The zero-order valence-corrected chi connectivity index (χ0v) is 16.6. The number of carbonyl (C=O) groups is 1. The van der Waals surface area contributed by atoms with E-state index in [0.29, 0.717) is 25.4 Å². The van der Waals surface area contributed by atoms with Crippen LogP contribution in [0.4, 0.5) is 11.4 Å². The third-order valence-electron chi connectivity index (χ3n) is 5.05. The van der Waals surface area contributed by atoms with E-state index in [9.17, 15) is 14.9 Å². The van der Waals surface area contributed by atoms with Gasteiger partial charge in [-0.3, -0.25) is 15.0 Å². The summed E-state index contributed by atoms with van der Waals surface area (Å²) < 4.78 is 10.3. The number of nitrogens with one attached hydrogen (secondary N) is 1. The van der Waals surface area contributed by atoms with Gasteiger partial charge < -0.3 is 14.8 Å². The average Bonchev–Trinajstić information content (AvgIpc) is 2.75. The SMILES string of the molecule is COC(=O)c1cc([N+](=O)[O-])ccc1NCC(c1ccc(C)cc1)N1CCOCC1. The molecule has 154 valence electrons. The Balaban J connectivity index is 1.85. The van der Waals surface area contributed by atoms with Gasteiger partial charge in [-0.15, -0.1) is 0 Å². The van der Waals surface area contributed by atoms with Crippen LogP contribution in [0, 0.1) is 17.0 Å². The van der Waals surface area contributed by atoms with E-state index in [2.05, 4.69) is 34.5 Å². The average molecular weight is 399 g/mol. The Morgan fingerprint density at radius 3 is 2.55 bits per heavy atom. The molecule has 0 bridgehead atoms. The van der Waals surface area contributed by atoms with Crippen molar-refractivity contribution in [3.63, 3.8) is 0 Å². The van der Waals surface area contributed by atoms with Crippen molar-refractivity contribution in [1.29, 1.82) is 0 Å². The number of esters is 1. The minimum atomic E-state index is -0.616. The van der Waals surface area contributed by atoms with Crippen LogP contribution in [0.3, 0.4) is 0 Å². The molecule has 3 rings (SSSR count). The summed E-state index contributed by atoms with van der Waals surface area (Å²) in [6.45, 7) is 5.55. The summed E-state index contributed by atoms with van der Waals surface area (Å²) in [5.74, 6) is -0.616. The minimum absolute atomic E-state index is 0.0696. The zero-order chi connectivity index (χ0) is 20.8. The number of hydrogen-bond donors (Lipinski definition) is 1. The van der Waals surface area contributed by atoms with Gasteiger partial charge in [0.1, 0.15) is 0 Å². The topological polar surface area (TPSA) is 93.9 Å².